The van der Waals surface area contributed by atoms with E-state index in [0.29, 0.717) is 5.69 Å². The van der Waals surface area contributed by atoms with Crippen molar-refractivity contribution in [3.8, 4) is 0 Å². The average Bonchev–Trinajstić information content (AvgIpc) is 2.46. The number of carbonyl (C=O) groups is 1. The third-order valence-electron chi connectivity index (χ3n) is 3.73. The van der Waals surface area contributed by atoms with Crippen molar-refractivity contribution in [3.05, 3.63) is 24.3 Å². The van der Waals surface area contributed by atoms with Crippen molar-refractivity contribution in [2.75, 3.05) is 34.8 Å². The number of nitrogens with zero attached hydrogens (tertiary/aromatic N) is 1. The van der Waals surface area contributed by atoms with Crippen LogP contribution in [0.1, 0.15) is 20.8 Å². The second-order valence-electron chi connectivity index (χ2n) is 5.90. The summed E-state index contributed by atoms with van der Waals surface area (Å²) in [5.74, 6) is -1.04. The fourth-order valence-corrected chi connectivity index (χ4v) is 3.39. The van der Waals surface area contributed by atoms with Gasteiger partial charge in [0.25, 0.3) is 0 Å². The summed E-state index contributed by atoms with van der Waals surface area (Å²) in [6, 6.07) is 7.44. The maximum atomic E-state index is 12.0. The number of amides is 1. The van der Waals surface area contributed by atoms with Crippen LogP contribution in [0.3, 0.4) is 0 Å². The van der Waals surface area contributed by atoms with Crippen molar-refractivity contribution in [2.45, 2.75) is 33.0 Å². The van der Waals surface area contributed by atoms with Crippen LogP contribution >= 0.6 is 0 Å². The zero-order valence-electron chi connectivity index (χ0n) is 13.8. The molecule has 23 heavy (non-hydrogen) atoms. The topological polar surface area (TPSA) is 75.7 Å². The lowest BCUT2D eigenvalue weighted by Crippen LogP contribution is -2.45. The maximum Gasteiger partial charge on any atom is 0.239 e. The molecule has 128 valence electrons. The van der Waals surface area contributed by atoms with Crippen LogP contribution in [-0.2, 0) is 19.4 Å². The molecule has 1 aliphatic rings. The molecule has 2 rings (SSSR count). The quantitative estimate of drug-likeness (QED) is 0.882. The zero-order valence-corrected chi connectivity index (χ0v) is 14.6. The number of anilines is 2. The number of ether oxygens (including phenoxy) is 1. The van der Waals surface area contributed by atoms with E-state index >= 15 is 0 Å². The first-order chi connectivity index (χ1) is 10.8. The van der Waals surface area contributed by atoms with Gasteiger partial charge in [-0.3, -0.25) is 4.79 Å². The van der Waals surface area contributed by atoms with E-state index in [1.165, 1.54) is 6.92 Å². The maximum absolute atomic E-state index is 12.0. The molecular weight excluding hydrogens is 316 g/mol. The van der Waals surface area contributed by atoms with Gasteiger partial charge in [-0.2, -0.15) is 0 Å². The Bertz CT molecular complexity index is 650. The van der Waals surface area contributed by atoms with Crippen LogP contribution in [0.25, 0.3) is 0 Å². The molecular formula is C16H24N2O4S. The minimum absolute atomic E-state index is 0.0411. The van der Waals surface area contributed by atoms with Gasteiger partial charge in [0, 0.05) is 18.8 Å². The standard InChI is InChI=1S/C16H24N2O4S/c1-4-23(20,21)11-16(19)17-14-7-5-6-8-15(14)18-9-12(2)22-13(3)10-18/h5-8,12-13H,4,9-11H2,1-3H3,(H,17,19)/t12-,13+. The minimum Gasteiger partial charge on any atom is -0.372 e. The number of para-hydroxylation sites is 2. The third-order valence-corrected chi connectivity index (χ3v) is 5.31. The molecule has 0 bridgehead atoms. The molecule has 0 unspecified atom stereocenters. The SMILES string of the molecule is CCS(=O)(=O)CC(=O)Nc1ccccc1N1C[C@@H](C)O[C@@H](C)C1. The number of morpholine rings is 1. The molecule has 7 heteroatoms. The Kier molecular flexibility index (Phi) is 5.64. The Hall–Kier alpha value is -1.60. The van der Waals surface area contributed by atoms with E-state index < -0.39 is 21.5 Å². The van der Waals surface area contributed by atoms with Crippen molar-refractivity contribution in [3.63, 3.8) is 0 Å². The fraction of sp³-hybridized carbons (Fsp3) is 0.562. The summed E-state index contributed by atoms with van der Waals surface area (Å²) in [7, 11) is -3.34. The summed E-state index contributed by atoms with van der Waals surface area (Å²) in [4.78, 5) is 14.2. The van der Waals surface area contributed by atoms with Gasteiger partial charge in [-0.15, -0.1) is 0 Å². The van der Waals surface area contributed by atoms with Gasteiger partial charge in [-0.25, -0.2) is 8.42 Å². The number of rotatable bonds is 5. The lowest BCUT2D eigenvalue weighted by atomic mass is 10.1. The molecule has 2 atom stereocenters. The summed E-state index contributed by atoms with van der Waals surface area (Å²) in [6.45, 7) is 7.01. The van der Waals surface area contributed by atoms with Crippen LogP contribution in [0.4, 0.5) is 11.4 Å². The lowest BCUT2D eigenvalue weighted by Gasteiger charge is -2.37. The third kappa shape index (κ3) is 4.94. The van der Waals surface area contributed by atoms with Crippen LogP contribution in [0.5, 0.6) is 0 Å². The molecule has 1 amide bonds. The molecule has 0 aromatic heterocycles. The van der Waals surface area contributed by atoms with E-state index in [-0.39, 0.29) is 18.0 Å². The van der Waals surface area contributed by atoms with Gasteiger partial charge in [0.15, 0.2) is 9.84 Å². The summed E-state index contributed by atoms with van der Waals surface area (Å²) >= 11 is 0. The zero-order chi connectivity index (χ0) is 17.0. The molecule has 0 aliphatic carbocycles. The van der Waals surface area contributed by atoms with Crippen molar-refractivity contribution >= 4 is 27.1 Å². The first-order valence-electron chi connectivity index (χ1n) is 7.80. The van der Waals surface area contributed by atoms with Crippen molar-refractivity contribution in [2.24, 2.45) is 0 Å². The molecule has 1 aliphatic heterocycles. The highest BCUT2D eigenvalue weighted by atomic mass is 32.2. The molecule has 1 heterocycles. The second-order valence-corrected chi connectivity index (χ2v) is 8.26. The smallest absolute Gasteiger partial charge is 0.239 e. The Morgan fingerprint density at radius 3 is 2.48 bits per heavy atom. The van der Waals surface area contributed by atoms with E-state index in [1.54, 1.807) is 6.07 Å². The van der Waals surface area contributed by atoms with E-state index in [2.05, 4.69) is 10.2 Å². The summed E-state index contributed by atoms with van der Waals surface area (Å²) in [5.41, 5.74) is 1.52. The van der Waals surface area contributed by atoms with Crippen molar-refractivity contribution in [1.29, 1.82) is 0 Å². The number of carbonyl (C=O) groups excluding carboxylic acids is 1. The first-order valence-corrected chi connectivity index (χ1v) is 9.62. The van der Waals surface area contributed by atoms with Gasteiger partial charge < -0.3 is 15.0 Å². The lowest BCUT2D eigenvalue weighted by molar-refractivity contribution is -0.113. The highest BCUT2D eigenvalue weighted by Crippen LogP contribution is 2.28. The first kappa shape index (κ1) is 17.7. The van der Waals surface area contributed by atoms with Crippen molar-refractivity contribution < 1.29 is 17.9 Å². The average molecular weight is 340 g/mol. The van der Waals surface area contributed by atoms with Gasteiger partial charge in [0.2, 0.25) is 5.91 Å². The van der Waals surface area contributed by atoms with Gasteiger partial charge >= 0.3 is 0 Å². The molecule has 0 radical (unpaired) electrons. The van der Waals surface area contributed by atoms with Crippen molar-refractivity contribution in [1.82, 2.24) is 0 Å². The van der Waals surface area contributed by atoms with E-state index in [1.807, 2.05) is 32.0 Å². The summed E-state index contributed by atoms with van der Waals surface area (Å²) in [5, 5.41) is 2.73. The molecule has 1 N–H and O–H groups in total. The van der Waals surface area contributed by atoms with E-state index in [4.69, 9.17) is 4.74 Å². The monoisotopic (exact) mass is 340 g/mol. The second kappa shape index (κ2) is 7.31. The summed E-state index contributed by atoms with van der Waals surface area (Å²) < 4.78 is 28.9. The van der Waals surface area contributed by atoms with Crippen LogP contribution < -0.4 is 10.2 Å². The van der Waals surface area contributed by atoms with Gasteiger partial charge in [0.1, 0.15) is 5.75 Å². The molecule has 0 saturated carbocycles. The minimum atomic E-state index is -3.34. The van der Waals surface area contributed by atoms with E-state index in [9.17, 15) is 13.2 Å². The molecule has 6 nitrogen and oxygen atoms in total. The number of hydrogen-bond donors (Lipinski definition) is 1. The van der Waals surface area contributed by atoms with Gasteiger partial charge in [0.05, 0.1) is 23.6 Å². The summed E-state index contributed by atoms with van der Waals surface area (Å²) in [6.07, 6.45) is 0.200. The number of sulfone groups is 1. The highest BCUT2D eigenvalue weighted by molar-refractivity contribution is 7.92. The molecule has 1 aromatic carbocycles. The normalized spacial score (nSPS) is 22.0. The predicted octanol–water partition coefficient (Wildman–Crippen LogP) is 1.67. The Labute approximate surface area is 137 Å². The Morgan fingerprint density at radius 2 is 1.87 bits per heavy atom. The fourth-order valence-electron chi connectivity index (χ4n) is 2.72. The van der Waals surface area contributed by atoms with Gasteiger partial charge in [-0.1, -0.05) is 19.1 Å². The van der Waals surface area contributed by atoms with Crippen LogP contribution in [0, 0.1) is 0 Å². The van der Waals surface area contributed by atoms with Crippen LogP contribution in [0.2, 0.25) is 0 Å². The van der Waals surface area contributed by atoms with Crippen LogP contribution in [0.15, 0.2) is 24.3 Å². The van der Waals surface area contributed by atoms with Gasteiger partial charge in [-0.05, 0) is 26.0 Å². The number of nitrogens with one attached hydrogen (secondary N) is 1. The Morgan fingerprint density at radius 1 is 1.26 bits per heavy atom. The molecule has 1 aromatic rings. The molecule has 0 spiro atoms. The number of hydrogen-bond acceptors (Lipinski definition) is 5. The van der Waals surface area contributed by atoms with Crippen LogP contribution in [-0.4, -0.2) is 51.1 Å². The number of benzene rings is 1. The predicted molar refractivity (Wildman–Crippen MR) is 91.6 cm³/mol. The molecule has 1 fully saturated rings. The Balaban J connectivity index is 2.16. The molecule has 1 saturated heterocycles. The largest absolute Gasteiger partial charge is 0.372 e. The highest BCUT2D eigenvalue weighted by Gasteiger charge is 2.24. The van der Waals surface area contributed by atoms with E-state index in [0.717, 1.165) is 18.8 Å².